The molecule has 0 fully saturated rings. The highest BCUT2D eigenvalue weighted by Gasteiger charge is 2.08. The Hall–Kier alpha value is -2.63. The summed E-state index contributed by atoms with van der Waals surface area (Å²) in [5, 5.41) is 12.4. The van der Waals surface area contributed by atoms with Gasteiger partial charge in [-0.25, -0.2) is 4.79 Å². The van der Waals surface area contributed by atoms with E-state index in [2.05, 4.69) is 43.3 Å². The van der Waals surface area contributed by atoms with E-state index >= 15 is 0 Å². The third-order valence-corrected chi connectivity index (χ3v) is 4.75. The number of ether oxygens (including phenoxy) is 1. The number of aryl methyl sites for hydroxylation is 1. The van der Waals surface area contributed by atoms with Crippen LogP contribution in [0.4, 0.5) is 0 Å². The Morgan fingerprint density at radius 2 is 2.04 bits per heavy atom. The van der Waals surface area contributed by atoms with Crippen LogP contribution in [-0.4, -0.2) is 38.5 Å². The third kappa shape index (κ3) is 5.42. The van der Waals surface area contributed by atoms with Crippen LogP contribution in [0.5, 0.6) is 0 Å². The highest BCUT2D eigenvalue weighted by Crippen LogP contribution is 2.18. The lowest BCUT2D eigenvalue weighted by Crippen LogP contribution is -2.05. The van der Waals surface area contributed by atoms with E-state index in [1.165, 1.54) is 17.3 Å². The van der Waals surface area contributed by atoms with Gasteiger partial charge in [0, 0.05) is 4.47 Å². The minimum absolute atomic E-state index is 0.0365. The monoisotopic (exact) mass is 442 g/mol. The fraction of sp³-hybridized carbons (Fsp3) is 0.158. The first kappa shape index (κ1) is 19.1. The number of thioether (sulfide) groups is 1. The molecule has 0 N–H and O–H groups in total. The summed E-state index contributed by atoms with van der Waals surface area (Å²) in [5.41, 5.74) is 2.55. The second-order valence-corrected chi connectivity index (χ2v) is 7.30. The van der Waals surface area contributed by atoms with E-state index in [0.717, 1.165) is 10.2 Å². The number of aromatic nitrogens is 4. The predicted molar refractivity (Wildman–Crippen MR) is 107 cm³/mol. The summed E-state index contributed by atoms with van der Waals surface area (Å²) < 4.78 is 7.63. The molecule has 3 rings (SSSR count). The summed E-state index contributed by atoms with van der Waals surface area (Å²) in [6.07, 6.45) is 0. The van der Waals surface area contributed by atoms with Crippen LogP contribution in [0.25, 0.3) is 5.69 Å². The van der Waals surface area contributed by atoms with Gasteiger partial charge in [0.15, 0.2) is 6.61 Å². The number of benzene rings is 2. The normalized spacial score (nSPS) is 10.1. The molecule has 8 heteroatoms. The molecule has 0 saturated heterocycles. The number of halogens is 1. The molecule has 27 heavy (non-hydrogen) atoms. The molecule has 0 bridgehead atoms. The fourth-order valence-electron chi connectivity index (χ4n) is 2.12. The first-order chi connectivity index (χ1) is 13.1. The first-order valence-corrected chi connectivity index (χ1v) is 9.78. The Morgan fingerprint density at radius 3 is 2.81 bits per heavy atom. The molecule has 0 atom stereocenters. The van der Waals surface area contributed by atoms with Crippen molar-refractivity contribution in [2.45, 2.75) is 12.1 Å². The number of carbonyl (C=O) groups is 1. The Labute approximate surface area is 169 Å². The summed E-state index contributed by atoms with van der Waals surface area (Å²) in [6, 6.07) is 15.0. The van der Waals surface area contributed by atoms with Crippen molar-refractivity contribution >= 4 is 33.7 Å². The van der Waals surface area contributed by atoms with Crippen molar-refractivity contribution < 1.29 is 9.53 Å². The van der Waals surface area contributed by atoms with Crippen molar-refractivity contribution in [1.29, 1.82) is 0 Å². The van der Waals surface area contributed by atoms with Gasteiger partial charge in [0.1, 0.15) is 0 Å². The molecule has 1 aromatic heterocycles. The lowest BCUT2D eigenvalue weighted by atomic mass is 10.2. The van der Waals surface area contributed by atoms with E-state index in [9.17, 15) is 4.79 Å². The average molecular weight is 443 g/mol. The Balaban J connectivity index is 1.49. The molecular weight excluding hydrogens is 428 g/mol. The fourth-order valence-corrected chi connectivity index (χ4v) is 3.18. The quantitative estimate of drug-likeness (QED) is 0.341. The average Bonchev–Trinajstić information content (AvgIpc) is 3.13. The van der Waals surface area contributed by atoms with E-state index in [1.807, 2.05) is 37.3 Å². The molecule has 0 radical (unpaired) electrons. The highest BCUT2D eigenvalue weighted by atomic mass is 79.9. The van der Waals surface area contributed by atoms with Crippen molar-refractivity contribution in [3.63, 3.8) is 0 Å². The van der Waals surface area contributed by atoms with E-state index in [1.54, 1.807) is 22.9 Å². The second kappa shape index (κ2) is 9.35. The maximum absolute atomic E-state index is 11.9. The first-order valence-electron chi connectivity index (χ1n) is 8.00. The topological polar surface area (TPSA) is 69.9 Å². The minimum atomic E-state index is -0.401. The van der Waals surface area contributed by atoms with Crippen molar-refractivity contribution in [3.8, 4) is 17.5 Å². The van der Waals surface area contributed by atoms with E-state index in [4.69, 9.17) is 4.74 Å². The zero-order valence-corrected chi connectivity index (χ0v) is 16.8. The molecule has 0 spiro atoms. The van der Waals surface area contributed by atoms with Gasteiger partial charge < -0.3 is 4.74 Å². The van der Waals surface area contributed by atoms with E-state index in [-0.39, 0.29) is 6.61 Å². The maximum Gasteiger partial charge on any atom is 0.339 e. The predicted octanol–water partition coefficient (Wildman–Crippen LogP) is 3.69. The van der Waals surface area contributed by atoms with Crippen molar-refractivity contribution in [3.05, 3.63) is 64.1 Å². The SMILES string of the molecule is Cc1ccc(-n2nnnc2SCC#CCOC(=O)c2cccc(Br)c2)cc1. The molecule has 0 aliphatic carbocycles. The van der Waals surface area contributed by atoms with Gasteiger partial charge in [-0.2, -0.15) is 4.68 Å². The number of rotatable bonds is 5. The van der Waals surface area contributed by atoms with Crippen LogP contribution in [0.15, 0.2) is 58.2 Å². The van der Waals surface area contributed by atoms with Crippen LogP contribution in [-0.2, 0) is 4.74 Å². The summed E-state index contributed by atoms with van der Waals surface area (Å²) >= 11 is 4.74. The zero-order chi connectivity index (χ0) is 19.1. The smallest absolute Gasteiger partial charge is 0.339 e. The molecule has 0 amide bonds. The van der Waals surface area contributed by atoms with Crippen molar-refractivity contribution in [2.24, 2.45) is 0 Å². The number of hydrogen-bond donors (Lipinski definition) is 0. The minimum Gasteiger partial charge on any atom is -0.449 e. The summed E-state index contributed by atoms with van der Waals surface area (Å²) in [7, 11) is 0. The number of carbonyl (C=O) groups excluding carboxylic acids is 1. The van der Waals surface area contributed by atoms with Crippen molar-refractivity contribution in [2.75, 3.05) is 12.4 Å². The number of tetrazole rings is 1. The van der Waals surface area contributed by atoms with Crippen LogP contribution in [0.2, 0.25) is 0 Å². The molecule has 136 valence electrons. The van der Waals surface area contributed by atoms with E-state index < -0.39 is 5.97 Å². The molecule has 6 nitrogen and oxygen atoms in total. The lowest BCUT2D eigenvalue weighted by molar-refractivity contribution is 0.0556. The Bertz CT molecular complexity index is 993. The highest BCUT2D eigenvalue weighted by molar-refractivity contribution is 9.10. The van der Waals surface area contributed by atoms with Crippen LogP contribution >= 0.6 is 27.7 Å². The standard InChI is InChI=1S/C19H15BrN4O2S/c1-14-7-9-17(10-8-14)24-19(21-22-23-24)27-12-3-2-11-26-18(25)15-5-4-6-16(20)13-15/h4-10,13H,11-12H2,1H3. The summed E-state index contributed by atoms with van der Waals surface area (Å²) in [6.45, 7) is 2.06. The number of hydrogen-bond acceptors (Lipinski definition) is 6. The molecule has 2 aromatic carbocycles. The van der Waals surface area contributed by atoms with Gasteiger partial charge in [0.2, 0.25) is 5.16 Å². The summed E-state index contributed by atoms with van der Waals surface area (Å²) in [5.74, 6) is 5.86. The van der Waals surface area contributed by atoms with Crippen LogP contribution in [0.1, 0.15) is 15.9 Å². The van der Waals surface area contributed by atoms with Crippen molar-refractivity contribution in [1.82, 2.24) is 20.2 Å². The molecule has 0 aliphatic heterocycles. The van der Waals surface area contributed by atoms with Crippen LogP contribution in [0.3, 0.4) is 0 Å². The molecule has 0 saturated carbocycles. The van der Waals surface area contributed by atoms with Gasteiger partial charge in [-0.1, -0.05) is 63.3 Å². The van der Waals surface area contributed by atoms with Crippen LogP contribution in [0, 0.1) is 18.8 Å². The summed E-state index contributed by atoms with van der Waals surface area (Å²) in [4.78, 5) is 11.9. The number of nitrogens with zero attached hydrogens (tertiary/aromatic N) is 4. The molecular formula is C19H15BrN4O2S. The Morgan fingerprint density at radius 1 is 1.22 bits per heavy atom. The molecule has 3 aromatic rings. The van der Waals surface area contributed by atoms with Gasteiger partial charge >= 0.3 is 5.97 Å². The van der Waals surface area contributed by atoms with Gasteiger partial charge in [-0.15, -0.1) is 5.10 Å². The van der Waals surface area contributed by atoms with Gasteiger partial charge in [0.05, 0.1) is 17.0 Å². The van der Waals surface area contributed by atoms with Gasteiger partial charge in [-0.3, -0.25) is 0 Å². The maximum atomic E-state index is 11.9. The van der Waals surface area contributed by atoms with Crippen LogP contribution < -0.4 is 0 Å². The molecule has 0 unspecified atom stereocenters. The second-order valence-electron chi connectivity index (χ2n) is 5.44. The van der Waals surface area contributed by atoms with Gasteiger partial charge in [-0.05, 0) is 47.7 Å². The Kier molecular flexibility index (Phi) is 6.63. The van der Waals surface area contributed by atoms with E-state index in [0.29, 0.717) is 16.5 Å². The largest absolute Gasteiger partial charge is 0.449 e. The zero-order valence-electron chi connectivity index (χ0n) is 14.4. The lowest BCUT2D eigenvalue weighted by Gasteiger charge is -2.03. The van der Waals surface area contributed by atoms with Gasteiger partial charge in [0.25, 0.3) is 0 Å². The molecule has 0 aliphatic rings. The number of esters is 1. The third-order valence-electron chi connectivity index (χ3n) is 3.45. The molecule has 1 heterocycles.